The van der Waals surface area contributed by atoms with Gasteiger partial charge in [-0.1, -0.05) is 32.9 Å². The fraction of sp³-hybridized carbons (Fsp3) is 0.462. The topological polar surface area (TPSA) is 148 Å². The lowest BCUT2D eigenvalue weighted by Crippen LogP contribution is -2.52. The third kappa shape index (κ3) is 8.57. The van der Waals surface area contributed by atoms with Crippen molar-refractivity contribution in [1.29, 1.82) is 0 Å². The van der Waals surface area contributed by atoms with Crippen LogP contribution in [0.5, 0.6) is 11.5 Å². The van der Waals surface area contributed by atoms with Crippen LogP contribution >= 0.6 is 0 Å². The lowest BCUT2D eigenvalue weighted by atomic mass is 10.1. The summed E-state index contributed by atoms with van der Waals surface area (Å²) >= 11 is 0. The number of non-ortho nitro benzene ring substituents is 1. The molecule has 0 aliphatic heterocycles. The molecule has 0 heterocycles. The van der Waals surface area contributed by atoms with E-state index in [1.807, 2.05) is 13.8 Å². The van der Waals surface area contributed by atoms with Crippen LogP contribution in [0.2, 0.25) is 0 Å². The van der Waals surface area contributed by atoms with E-state index in [4.69, 9.17) is 9.47 Å². The Morgan fingerprint density at radius 3 is 2.21 bits per heavy atom. The summed E-state index contributed by atoms with van der Waals surface area (Å²) in [5, 5.41) is 14.2. The quantitative estimate of drug-likeness (QED) is 0.272. The zero-order chi connectivity index (χ0) is 29.3. The molecule has 0 aliphatic carbocycles. The summed E-state index contributed by atoms with van der Waals surface area (Å²) in [5.41, 5.74) is 0.156. The van der Waals surface area contributed by atoms with E-state index in [0.29, 0.717) is 17.9 Å². The molecule has 214 valence electrons. The summed E-state index contributed by atoms with van der Waals surface area (Å²) < 4.78 is 36.9. The van der Waals surface area contributed by atoms with Gasteiger partial charge in [0.05, 0.1) is 25.4 Å². The Hall–Kier alpha value is -3.87. The molecule has 0 spiro atoms. The van der Waals surface area contributed by atoms with E-state index >= 15 is 0 Å². The van der Waals surface area contributed by atoms with E-state index in [9.17, 15) is 28.1 Å². The fourth-order valence-corrected chi connectivity index (χ4v) is 4.70. The van der Waals surface area contributed by atoms with Gasteiger partial charge in [0.2, 0.25) is 21.8 Å². The Balaban J connectivity index is 2.54. The molecule has 0 unspecified atom stereocenters. The highest BCUT2D eigenvalue weighted by molar-refractivity contribution is 7.92. The van der Waals surface area contributed by atoms with Crippen molar-refractivity contribution in [3.05, 3.63) is 58.1 Å². The molecule has 1 N–H and O–H groups in total. The first kappa shape index (κ1) is 31.3. The number of nitro benzene ring substituents is 1. The molecule has 13 heteroatoms. The lowest BCUT2D eigenvalue weighted by Gasteiger charge is -2.33. The summed E-state index contributed by atoms with van der Waals surface area (Å²) in [7, 11) is -1.30. The molecule has 2 amide bonds. The number of hydrogen-bond donors (Lipinski definition) is 1. The van der Waals surface area contributed by atoms with Crippen LogP contribution in [0, 0.1) is 16.0 Å². The van der Waals surface area contributed by atoms with Gasteiger partial charge in [0, 0.05) is 25.2 Å². The molecule has 0 bridgehead atoms. The zero-order valence-corrected chi connectivity index (χ0v) is 23.9. The van der Waals surface area contributed by atoms with Crippen LogP contribution < -0.4 is 19.1 Å². The highest BCUT2D eigenvalue weighted by Gasteiger charge is 2.33. The molecule has 0 saturated carbocycles. The maximum Gasteiger partial charge on any atom is 0.271 e. The number of nitrogens with one attached hydrogen (secondary N) is 1. The molecule has 0 saturated heterocycles. The molecule has 0 aromatic heterocycles. The molecular weight excluding hydrogens is 528 g/mol. The van der Waals surface area contributed by atoms with Gasteiger partial charge in [0.15, 0.2) is 0 Å². The van der Waals surface area contributed by atoms with Crippen molar-refractivity contribution in [2.45, 2.75) is 39.8 Å². The van der Waals surface area contributed by atoms with Crippen molar-refractivity contribution in [1.82, 2.24) is 10.2 Å². The first-order valence-electron chi connectivity index (χ1n) is 12.3. The number of nitro groups is 1. The summed E-state index contributed by atoms with van der Waals surface area (Å²) in [6.45, 7) is 5.35. The number of methoxy groups -OCH3 is 2. The molecule has 0 aliphatic rings. The van der Waals surface area contributed by atoms with Gasteiger partial charge < -0.3 is 19.7 Å². The van der Waals surface area contributed by atoms with Gasteiger partial charge >= 0.3 is 0 Å². The van der Waals surface area contributed by atoms with Gasteiger partial charge in [-0.15, -0.1) is 0 Å². The van der Waals surface area contributed by atoms with E-state index in [1.54, 1.807) is 31.2 Å². The van der Waals surface area contributed by atoms with E-state index in [-0.39, 0.29) is 41.9 Å². The Kier molecular flexibility index (Phi) is 11.1. The third-order valence-electron chi connectivity index (χ3n) is 5.90. The zero-order valence-electron chi connectivity index (χ0n) is 23.0. The summed E-state index contributed by atoms with van der Waals surface area (Å²) in [6.07, 6.45) is 1.16. The van der Waals surface area contributed by atoms with Gasteiger partial charge in [-0.05, 0) is 36.1 Å². The second-order valence-corrected chi connectivity index (χ2v) is 11.2. The number of rotatable bonds is 14. The van der Waals surface area contributed by atoms with E-state index in [1.165, 1.54) is 31.3 Å². The standard InChI is InChI=1S/C26H36N4O8S/c1-7-22(26(32)27-15-18(2)3)28(16-19-8-11-21(37-4)12-9-19)25(31)17-29(39(6,35)36)23-14-20(30(33)34)10-13-24(23)38-5/h8-14,18,22H,7,15-17H2,1-6H3,(H,27,32)/t22-/m1/s1. The van der Waals surface area contributed by atoms with Crippen LogP contribution in [0.15, 0.2) is 42.5 Å². The largest absolute Gasteiger partial charge is 0.497 e. The van der Waals surface area contributed by atoms with Crippen molar-refractivity contribution in [2.75, 3.05) is 37.9 Å². The first-order chi connectivity index (χ1) is 18.3. The summed E-state index contributed by atoms with van der Waals surface area (Å²) in [4.78, 5) is 39.0. The molecular formula is C26H36N4O8S. The van der Waals surface area contributed by atoms with Crippen LogP contribution in [-0.2, 0) is 26.2 Å². The van der Waals surface area contributed by atoms with Crippen molar-refractivity contribution in [2.24, 2.45) is 5.92 Å². The monoisotopic (exact) mass is 564 g/mol. The smallest absolute Gasteiger partial charge is 0.271 e. The van der Waals surface area contributed by atoms with Crippen molar-refractivity contribution in [3.8, 4) is 11.5 Å². The number of nitrogens with zero attached hydrogens (tertiary/aromatic N) is 3. The molecule has 39 heavy (non-hydrogen) atoms. The number of amides is 2. The summed E-state index contributed by atoms with van der Waals surface area (Å²) in [6, 6.07) is 9.50. The minimum absolute atomic E-state index is 0.0140. The van der Waals surface area contributed by atoms with E-state index < -0.39 is 33.4 Å². The van der Waals surface area contributed by atoms with E-state index in [2.05, 4.69) is 5.32 Å². The highest BCUT2D eigenvalue weighted by Crippen LogP contribution is 2.34. The number of sulfonamides is 1. The number of hydrogen-bond acceptors (Lipinski definition) is 8. The lowest BCUT2D eigenvalue weighted by molar-refractivity contribution is -0.384. The van der Waals surface area contributed by atoms with Crippen LogP contribution in [0.1, 0.15) is 32.8 Å². The van der Waals surface area contributed by atoms with E-state index in [0.717, 1.165) is 16.6 Å². The predicted molar refractivity (Wildman–Crippen MR) is 147 cm³/mol. The number of benzene rings is 2. The third-order valence-corrected chi connectivity index (χ3v) is 7.03. The van der Waals surface area contributed by atoms with Crippen LogP contribution in [0.3, 0.4) is 0 Å². The SMILES string of the molecule is CC[C@H](C(=O)NCC(C)C)N(Cc1ccc(OC)cc1)C(=O)CN(c1cc([N+](=O)[O-])ccc1OC)S(C)(=O)=O. The maximum absolute atomic E-state index is 13.8. The molecule has 1 atom stereocenters. The molecule has 2 rings (SSSR count). The fourth-order valence-electron chi connectivity index (χ4n) is 3.85. The second kappa shape index (κ2) is 13.8. The van der Waals surface area contributed by atoms with Gasteiger partial charge in [-0.2, -0.15) is 0 Å². The van der Waals surface area contributed by atoms with Crippen LogP contribution in [-0.4, -0.2) is 69.7 Å². The highest BCUT2D eigenvalue weighted by atomic mass is 32.2. The normalized spacial score (nSPS) is 12.0. The number of anilines is 1. The summed E-state index contributed by atoms with van der Waals surface area (Å²) in [5.74, 6) is -0.218. The molecule has 2 aromatic carbocycles. The maximum atomic E-state index is 13.8. The molecule has 0 radical (unpaired) electrons. The Morgan fingerprint density at radius 1 is 1.08 bits per heavy atom. The predicted octanol–water partition coefficient (Wildman–Crippen LogP) is 2.96. The van der Waals surface area contributed by atoms with Crippen LogP contribution in [0.25, 0.3) is 0 Å². The van der Waals surface area contributed by atoms with Crippen molar-refractivity contribution >= 4 is 33.2 Å². The van der Waals surface area contributed by atoms with Gasteiger partial charge in [-0.3, -0.25) is 24.0 Å². The Labute approximate surface area is 229 Å². The number of ether oxygens (including phenoxy) is 2. The molecule has 12 nitrogen and oxygen atoms in total. The van der Waals surface area contributed by atoms with Gasteiger partial charge in [-0.25, -0.2) is 8.42 Å². The number of carbonyl (C=O) groups excluding carboxylic acids is 2. The van der Waals surface area contributed by atoms with Gasteiger partial charge in [0.25, 0.3) is 5.69 Å². The molecule has 0 fully saturated rings. The first-order valence-corrected chi connectivity index (χ1v) is 14.2. The average Bonchev–Trinajstić information content (AvgIpc) is 2.89. The van der Waals surface area contributed by atoms with Crippen LogP contribution in [0.4, 0.5) is 11.4 Å². The minimum Gasteiger partial charge on any atom is -0.497 e. The molecule has 2 aromatic rings. The average molecular weight is 565 g/mol. The second-order valence-electron chi connectivity index (χ2n) is 9.32. The van der Waals surface area contributed by atoms with Crippen molar-refractivity contribution in [3.63, 3.8) is 0 Å². The minimum atomic E-state index is -4.11. The Bertz CT molecular complexity index is 1270. The number of carbonyl (C=O) groups is 2. The van der Waals surface area contributed by atoms with Gasteiger partial charge in [0.1, 0.15) is 29.8 Å². The Morgan fingerprint density at radius 2 is 1.72 bits per heavy atom. The van der Waals surface area contributed by atoms with Crippen molar-refractivity contribution < 1.29 is 32.4 Å².